The fraction of sp³-hybridized carbons (Fsp3) is 0.429. The van der Waals surface area contributed by atoms with Gasteiger partial charge in [-0.3, -0.25) is 9.59 Å². The molecule has 0 saturated carbocycles. The van der Waals surface area contributed by atoms with E-state index in [0.717, 1.165) is 36.1 Å². The van der Waals surface area contributed by atoms with E-state index in [0.29, 0.717) is 17.0 Å². The van der Waals surface area contributed by atoms with Gasteiger partial charge in [0.15, 0.2) is 4.80 Å². The summed E-state index contributed by atoms with van der Waals surface area (Å²) in [6, 6.07) is 5.17. The zero-order valence-electron chi connectivity index (χ0n) is 16.8. The Morgan fingerprint density at radius 2 is 2.03 bits per heavy atom. The van der Waals surface area contributed by atoms with Crippen LogP contribution in [0.1, 0.15) is 30.1 Å². The molecule has 0 aliphatic carbocycles. The number of likely N-dealkylation sites (tertiary alicyclic amines) is 1. The van der Waals surface area contributed by atoms with Crippen molar-refractivity contribution in [3.63, 3.8) is 0 Å². The van der Waals surface area contributed by atoms with Crippen LogP contribution in [0.4, 0.5) is 0 Å². The highest BCUT2D eigenvalue weighted by atomic mass is 32.2. The first-order valence-corrected chi connectivity index (χ1v) is 11.7. The van der Waals surface area contributed by atoms with Crippen molar-refractivity contribution in [2.45, 2.75) is 26.3 Å². The molecule has 0 N–H and O–H groups in total. The topological polar surface area (TPSA) is 81.0 Å². The summed E-state index contributed by atoms with van der Waals surface area (Å²) in [5, 5.41) is 0. The maximum atomic E-state index is 12.4. The molecule has 0 atom stereocenters. The average molecular weight is 446 g/mol. The van der Waals surface area contributed by atoms with Gasteiger partial charge in [0.25, 0.3) is 5.91 Å². The first-order chi connectivity index (χ1) is 14.5. The number of hydrogen-bond donors (Lipinski definition) is 0. The van der Waals surface area contributed by atoms with Crippen LogP contribution in [0.5, 0.6) is 0 Å². The number of rotatable bonds is 7. The van der Waals surface area contributed by atoms with Crippen LogP contribution in [0, 0.1) is 12.3 Å². The smallest absolute Gasteiger partial charge is 0.338 e. The number of thioether (sulfide) groups is 1. The van der Waals surface area contributed by atoms with Gasteiger partial charge in [-0.25, -0.2) is 4.79 Å². The minimum atomic E-state index is -0.398. The van der Waals surface area contributed by atoms with Crippen LogP contribution in [-0.2, 0) is 20.9 Å². The van der Waals surface area contributed by atoms with E-state index >= 15 is 0 Å². The van der Waals surface area contributed by atoms with Gasteiger partial charge in [0.05, 0.1) is 40.4 Å². The van der Waals surface area contributed by atoms with Gasteiger partial charge in [-0.15, -0.1) is 18.2 Å². The number of aromatic nitrogens is 1. The molecule has 158 valence electrons. The van der Waals surface area contributed by atoms with Gasteiger partial charge < -0.3 is 14.2 Å². The summed E-state index contributed by atoms with van der Waals surface area (Å²) in [5.74, 6) is 2.33. The van der Waals surface area contributed by atoms with Crippen molar-refractivity contribution in [2.75, 3.05) is 31.2 Å². The molecule has 9 heteroatoms. The number of nitrogens with zero attached hydrogens (tertiary/aromatic N) is 3. The number of terminal acetylenes is 1. The lowest BCUT2D eigenvalue weighted by Crippen LogP contribution is -2.29. The van der Waals surface area contributed by atoms with Crippen molar-refractivity contribution >= 4 is 51.1 Å². The van der Waals surface area contributed by atoms with Crippen LogP contribution in [-0.4, -0.2) is 58.5 Å². The molecule has 0 unspecified atom stereocenters. The third-order valence-electron chi connectivity index (χ3n) is 4.57. The minimum absolute atomic E-state index is 0.0704. The van der Waals surface area contributed by atoms with Gasteiger partial charge in [-0.1, -0.05) is 17.3 Å². The Morgan fingerprint density at radius 3 is 2.73 bits per heavy atom. The molecule has 1 aromatic carbocycles. The van der Waals surface area contributed by atoms with Gasteiger partial charge in [0, 0.05) is 13.1 Å². The number of esters is 1. The molecular formula is C21H23N3O4S2. The average Bonchev–Trinajstić information content (AvgIpc) is 3.37. The van der Waals surface area contributed by atoms with E-state index in [4.69, 9.17) is 11.2 Å². The maximum Gasteiger partial charge on any atom is 0.338 e. The molecule has 2 heterocycles. The summed E-state index contributed by atoms with van der Waals surface area (Å²) in [5.41, 5.74) is 1.24. The fourth-order valence-corrected chi connectivity index (χ4v) is 4.95. The van der Waals surface area contributed by atoms with E-state index in [1.165, 1.54) is 23.1 Å². The normalized spacial score (nSPS) is 14.1. The Labute approximate surface area is 183 Å². The summed E-state index contributed by atoms with van der Waals surface area (Å²) in [4.78, 5) is 42.9. The Kier molecular flexibility index (Phi) is 7.71. The molecule has 30 heavy (non-hydrogen) atoms. The van der Waals surface area contributed by atoms with Gasteiger partial charge in [-0.05, 0) is 38.0 Å². The van der Waals surface area contributed by atoms with E-state index in [2.05, 4.69) is 10.9 Å². The largest absolute Gasteiger partial charge is 0.462 e. The predicted octanol–water partition coefficient (Wildman–Crippen LogP) is 2.30. The van der Waals surface area contributed by atoms with Crippen LogP contribution in [0.2, 0.25) is 0 Å². The van der Waals surface area contributed by atoms with E-state index < -0.39 is 5.97 Å². The molecule has 1 fully saturated rings. The van der Waals surface area contributed by atoms with Crippen molar-refractivity contribution < 1.29 is 19.1 Å². The highest BCUT2D eigenvalue weighted by Gasteiger charge is 2.18. The van der Waals surface area contributed by atoms with E-state index in [1.807, 2.05) is 4.90 Å². The fourth-order valence-electron chi connectivity index (χ4n) is 3.17. The highest BCUT2D eigenvalue weighted by molar-refractivity contribution is 8.00. The molecule has 1 aliphatic heterocycles. The van der Waals surface area contributed by atoms with Crippen molar-refractivity contribution in [3.05, 3.63) is 28.6 Å². The monoisotopic (exact) mass is 445 g/mol. The number of thiazole rings is 1. The maximum absolute atomic E-state index is 12.4. The van der Waals surface area contributed by atoms with Crippen LogP contribution in [0.3, 0.4) is 0 Å². The lowest BCUT2D eigenvalue weighted by Gasteiger charge is -2.14. The SMILES string of the molecule is C#CCn1c(=NC(=O)CSCC(=O)N2CCCC2)sc2cc(C(=O)OCC)ccc21. The number of benzene rings is 1. The minimum Gasteiger partial charge on any atom is -0.462 e. The van der Waals surface area contributed by atoms with Crippen LogP contribution in [0.15, 0.2) is 23.2 Å². The molecule has 7 nitrogen and oxygen atoms in total. The summed E-state index contributed by atoms with van der Waals surface area (Å²) in [6.07, 6.45) is 7.58. The quantitative estimate of drug-likeness (QED) is 0.483. The second-order valence-corrected chi connectivity index (χ2v) is 8.66. The Balaban J connectivity index is 1.75. The van der Waals surface area contributed by atoms with E-state index in [9.17, 15) is 14.4 Å². The second-order valence-electron chi connectivity index (χ2n) is 6.66. The summed E-state index contributed by atoms with van der Waals surface area (Å²) >= 11 is 2.56. The number of ether oxygens (including phenoxy) is 1. The first-order valence-electron chi connectivity index (χ1n) is 9.70. The summed E-state index contributed by atoms with van der Waals surface area (Å²) in [6.45, 7) is 3.91. The molecule has 3 rings (SSSR count). The zero-order valence-corrected chi connectivity index (χ0v) is 18.4. The van der Waals surface area contributed by atoms with Crippen LogP contribution >= 0.6 is 23.1 Å². The number of carbonyl (C=O) groups is 3. The standard InChI is InChI=1S/C21H23N3O4S2/c1-3-9-24-16-8-7-15(20(27)28-4-2)12-17(16)30-21(24)22-18(25)13-29-14-19(26)23-10-5-6-11-23/h1,7-8,12H,4-6,9-11,13-14H2,2H3. The highest BCUT2D eigenvalue weighted by Crippen LogP contribution is 2.20. The van der Waals surface area contributed by atoms with E-state index in [1.54, 1.807) is 29.7 Å². The molecular weight excluding hydrogens is 422 g/mol. The molecule has 1 saturated heterocycles. The van der Waals surface area contributed by atoms with Gasteiger partial charge >= 0.3 is 5.97 Å². The van der Waals surface area contributed by atoms with Gasteiger partial charge in [0.2, 0.25) is 5.91 Å². The molecule has 1 aliphatic rings. The molecule has 2 amide bonds. The first kappa shape index (κ1) is 22.1. The van der Waals surface area contributed by atoms with Gasteiger partial charge in [-0.2, -0.15) is 4.99 Å². The third kappa shape index (κ3) is 5.32. The molecule has 2 aromatic rings. The van der Waals surface area contributed by atoms with Crippen molar-refractivity contribution in [1.82, 2.24) is 9.47 Å². The summed E-state index contributed by atoms with van der Waals surface area (Å²) in [7, 11) is 0. The zero-order chi connectivity index (χ0) is 21.5. The van der Waals surface area contributed by atoms with Crippen LogP contribution in [0.25, 0.3) is 10.2 Å². The van der Waals surface area contributed by atoms with Crippen LogP contribution < -0.4 is 4.80 Å². The number of carbonyl (C=O) groups excluding carboxylic acids is 3. The third-order valence-corrected chi connectivity index (χ3v) is 6.52. The number of amides is 2. The Bertz CT molecular complexity index is 1060. The lowest BCUT2D eigenvalue weighted by atomic mass is 10.2. The molecule has 0 spiro atoms. The Hall–Kier alpha value is -2.57. The second kappa shape index (κ2) is 10.5. The molecule has 0 radical (unpaired) electrons. The summed E-state index contributed by atoms with van der Waals surface area (Å²) < 4.78 is 7.60. The molecule has 1 aromatic heterocycles. The number of fused-ring (bicyclic) bond motifs is 1. The van der Waals surface area contributed by atoms with Crippen molar-refractivity contribution in [3.8, 4) is 12.3 Å². The number of hydrogen-bond acceptors (Lipinski definition) is 6. The predicted molar refractivity (Wildman–Crippen MR) is 118 cm³/mol. The van der Waals surface area contributed by atoms with Crippen molar-refractivity contribution in [2.24, 2.45) is 4.99 Å². The Morgan fingerprint density at radius 1 is 1.27 bits per heavy atom. The van der Waals surface area contributed by atoms with E-state index in [-0.39, 0.29) is 29.9 Å². The molecule has 0 bridgehead atoms. The lowest BCUT2D eigenvalue weighted by molar-refractivity contribution is -0.127. The van der Waals surface area contributed by atoms with Gasteiger partial charge in [0.1, 0.15) is 0 Å². The van der Waals surface area contributed by atoms with Crippen molar-refractivity contribution in [1.29, 1.82) is 0 Å².